The van der Waals surface area contributed by atoms with E-state index in [1.165, 1.54) is 28.5 Å². The van der Waals surface area contributed by atoms with E-state index >= 15 is 0 Å². The van der Waals surface area contributed by atoms with Crippen LogP contribution in [0.25, 0.3) is 5.57 Å². The van der Waals surface area contributed by atoms with E-state index in [2.05, 4.69) is 35.8 Å². The number of piperazine rings is 1. The fraction of sp³-hybridized carbons (Fsp3) is 0.400. The van der Waals surface area contributed by atoms with Crippen LogP contribution < -0.4 is 14.9 Å². The lowest BCUT2D eigenvalue weighted by molar-refractivity contribution is -0.0436. The van der Waals surface area contributed by atoms with Gasteiger partial charge >= 0.3 is 5.51 Å². The van der Waals surface area contributed by atoms with E-state index in [0.717, 1.165) is 79.6 Å². The Morgan fingerprint density at radius 2 is 1.55 bits per heavy atom. The predicted octanol–water partition coefficient (Wildman–Crippen LogP) is 8.83. The molecular weight excluding hydrogens is 879 g/mol. The maximum Gasteiger partial charge on any atom is 0.501 e. The van der Waals surface area contributed by atoms with Gasteiger partial charge in [0.2, 0.25) is 10.0 Å². The Morgan fingerprint density at radius 1 is 0.903 bits per heavy atom. The molecule has 0 saturated carbocycles. The maximum absolute atomic E-state index is 14.8. The summed E-state index contributed by atoms with van der Waals surface area (Å²) in [4.78, 5) is 21.0. The van der Waals surface area contributed by atoms with E-state index in [1.807, 2.05) is 47.4 Å². The summed E-state index contributed by atoms with van der Waals surface area (Å²) >= 11 is 7.56. The molecule has 10 nitrogen and oxygen atoms in total. The van der Waals surface area contributed by atoms with Crippen molar-refractivity contribution >= 4 is 66.1 Å². The second-order valence-electron chi connectivity index (χ2n) is 16.9. The van der Waals surface area contributed by atoms with Crippen LogP contribution in [0.5, 0.6) is 0 Å². The first-order chi connectivity index (χ1) is 29.1. The highest BCUT2D eigenvalue weighted by molar-refractivity contribution is 7.99. The molecule has 4 aromatic carbocycles. The number of sulfone groups is 1. The quantitative estimate of drug-likeness (QED) is 0.117. The van der Waals surface area contributed by atoms with Gasteiger partial charge in [0.25, 0.3) is 15.7 Å². The van der Waals surface area contributed by atoms with Crippen molar-refractivity contribution in [3.63, 3.8) is 0 Å². The SMILES string of the molecule is CN(C)CC[C@H](CSc1ccccc1)N(C(=O)c1ccc(N2CCN(CC3=C(c4ccc(Cl)cc4)CCC(C)(C)C3)CC2)cc1)c1ccc(S(N)(=O)=O)cc1S(=O)(=O)C(F)(F)F. The Labute approximate surface area is 372 Å². The number of hydrogen-bond acceptors (Lipinski definition) is 9. The lowest BCUT2D eigenvalue weighted by Crippen LogP contribution is -2.47. The second kappa shape index (κ2) is 19.5. The molecule has 17 heteroatoms. The van der Waals surface area contributed by atoms with Crippen LogP contribution in [0.3, 0.4) is 0 Å². The summed E-state index contributed by atoms with van der Waals surface area (Å²) in [6.45, 7) is 8.96. The molecule has 1 atom stereocenters. The third-order valence-electron chi connectivity index (χ3n) is 11.4. The molecule has 1 aliphatic heterocycles. The van der Waals surface area contributed by atoms with Gasteiger partial charge in [-0.3, -0.25) is 9.69 Å². The fourth-order valence-corrected chi connectivity index (χ4v) is 10.8. The molecule has 4 aromatic rings. The van der Waals surface area contributed by atoms with Crippen LogP contribution in [0.1, 0.15) is 55.5 Å². The van der Waals surface area contributed by atoms with Crippen molar-refractivity contribution in [2.45, 2.75) is 65.8 Å². The van der Waals surface area contributed by atoms with Crippen molar-refractivity contribution in [1.29, 1.82) is 0 Å². The maximum atomic E-state index is 14.8. The third kappa shape index (κ3) is 11.6. The summed E-state index contributed by atoms with van der Waals surface area (Å²) in [6.07, 6.45) is 3.37. The number of allylic oxidation sites excluding steroid dienone is 1. The number of thioether (sulfide) groups is 1. The largest absolute Gasteiger partial charge is 0.501 e. The van der Waals surface area contributed by atoms with Crippen LogP contribution in [0.15, 0.2) is 117 Å². The number of benzene rings is 4. The van der Waals surface area contributed by atoms with Crippen molar-refractivity contribution < 1.29 is 34.8 Å². The smallest absolute Gasteiger partial charge is 0.369 e. The van der Waals surface area contributed by atoms with E-state index in [-0.39, 0.29) is 23.2 Å². The molecule has 6 rings (SSSR count). The van der Waals surface area contributed by atoms with Gasteiger partial charge in [-0.2, -0.15) is 13.2 Å². The summed E-state index contributed by atoms with van der Waals surface area (Å²) in [5.74, 6) is -0.579. The van der Waals surface area contributed by atoms with E-state index in [4.69, 9.17) is 16.7 Å². The normalized spacial score (nSPS) is 17.0. The predicted molar refractivity (Wildman–Crippen MR) is 243 cm³/mol. The molecule has 0 bridgehead atoms. The monoisotopic (exact) mass is 931 g/mol. The van der Waals surface area contributed by atoms with Gasteiger partial charge < -0.3 is 14.7 Å². The van der Waals surface area contributed by atoms with Crippen LogP contribution in [0.2, 0.25) is 5.02 Å². The standard InChI is InChI=1S/C45H53ClF3N5O5S3/c1-44(2)22-20-40(32-10-14-35(46)15-11-32)34(29-44)30-52-24-26-53(27-25-52)36-16-12-33(13-17-36)43(55)54(37(21-23-51(3)4)31-60-38-8-6-5-7-9-38)41-19-18-39(62(50,58)59)28-42(41)61(56,57)45(47,48)49/h5-19,28,37H,20-27,29-31H2,1-4H3,(H2,50,58,59)/t37-/m1/s1. The van der Waals surface area contributed by atoms with Crippen molar-refractivity contribution in [1.82, 2.24) is 9.80 Å². The molecule has 1 aliphatic carbocycles. The van der Waals surface area contributed by atoms with Gasteiger partial charge in [-0.15, -0.1) is 11.8 Å². The highest BCUT2D eigenvalue weighted by Crippen LogP contribution is 2.43. The van der Waals surface area contributed by atoms with Gasteiger partial charge in [0, 0.05) is 65.7 Å². The van der Waals surface area contributed by atoms with E-state index in [9.17, 15) is 34.8 Å². The molecule has 0 unspecified atom stereocenters. The van der Waals surface area contributed by atoms with Crippen molar-refractivity contribution in [2.24, 2.45) is 10.6 Å². The van der Waals surface area contributed by atoms with Crippen LogP contribution in [-0.4, -0.2) is 103 Å². The number of anilines is 2. The Hall–Kier alpha value is -3.90. The van der Waals surface area contributed by atoms with Gasteiger partial charge in [-0.05, 0) is 130 Å². The summed E-state index contributed by atoms with van der Waals surface area (Å²) in [7, 11) is -7.22. The first-order valence-electron chi connectivity index (χ1n) is 20.3. The van der Waals surface area contributed by atoms with E-state index in [1.54, 1.807) is 38.4 Å². The Kier molecular flexibility index (Phi) is 14.9. The average molecular weight is 933 g/mol. The van der Waals surface area contributed by atoms with Crippen LogP contribution in [-0.2, 0) is 19.9 Å². The molecule has 2 N–H and O–H groups in total. The number of sulfonamides is 1. The van der Waals surface area contributed by atoms with Crippen molar-refractivity contribution in [3.8, 4) is 0 Å². The summed E-state index contributed by atoms with van der Waals surface area (Å²) in [5, 5.41) is 5.98. The number of carbonyl (C=O) groups excluding carboxylic acids is 1. The minimum Gasteiger partial charge on any atom is -0.369 e. The zero-order chi connectivity index (χ0) is 45.0. The van der Waals surface area contributed by atoms with Gasteiger partial charge in [-0.1, -0.05) is 61.4 Å². The number of nitrogens with two attached hydrogens (primary N) is 1. The van der Waals surface area contributed by atoms with Gasteiger partial charge in [-0.25, -0.2) is 22.0 Å². The van der Waals surface area contributed by atoms with Crippen LogP contribution in [0, 0.1) is 5.41 Å². The van der Waals surface area contributed by atoms with Crippen molar-refractivity contribution in [3.05, 3.63) is 119 Å². The average Bonchev–Trinajstić information content (AvgIpc) is 3.22. The molecule has 1 fully saturated rings. The molecule has 334 valence electrons. The number of primary sulfonamides is 1. The molecule has 0 spiro atoms. The first-order valence-corrected chi connectivity index (χ1v) is 24.7. The molecule has 62 heavy (non-hydrogen) atoms. The number of alkyl halides is 3. The summed E-state index contributed by atoms with van der Waals surface area (Å²) in [6, 6.07) is 25.4. The van der Waals surface area contributed by atoms with Gasteiger partial charge in [0.15, 0.2) is 0 Å². The number of nitrogens with zero attached hydrogens (tertiary/aromatic N) is 4. The zero-order valence-electron chi connectivity index (χ0n) is 35.2. The van der Waals surface area contributed by atoms with Crippen LogP contribution >= 0.6 is 23.4 Å². The third-order valence-corrected chi connectivity index (χ3v) is 15.3. The Morgan fingerprint density at radius 3 is 2.15 bits per heavy atom. The lowest BCUT2D eigenvalue weighted by atomic mass is 9.73. The van der Waals surface area contributed by atoms with E-state index < -0.39 is 52.8 Å². The number of carbonyl (C=O) groups is 1. The lowest BCUT2D eigenvalue weighted by Gasteiger charge is -2.39. The highest BCUT2D eigenvalue weighted by Gasteiger charge is 2.49. The molecule has 0 aromatic heterocycles. The zero-order valence-corrected chi connectivity index (χ0v) is 38.4. The first kappa shape index (κ1) is 47.6. The number of hydrogen-bond donors (Lipinski definition) is 1. The molecule has 2 aliphatic rings. The Bertz CT molecular complexity index is 2460. The number of halogens is 4. The van der Waals surface area contributed by atoms with Crippen molar-refractivity contribution in [2.75, 3.05) is 68.9 Å². The molecule has 1 amide bonds. The number of amides is 1. The van der Waals surface area contributed by atoms with Crippen LogP contribution in [0.4, 0.5) is 24.5 Å². The van der Waals surface area contributed by atoms with E-state index in [0.29, 0.717) is 17.6 Å². The van der Waals surface area contributed by atoms with Gasteiger partial charge in [0.05, 0.1) is 10.6 Å². The molecule has 1 heterocycles. The second-order valence-corrected chi connectivity index (χ2v) is 21.9. The summed E-state index contributed by atoms with van der Waals surface area (Å²) in [5.41, 5.74) is -1.20. The van der Waals surface area contributed by atoms with Gasteiger partial charge in [0.1, 0.15) is 4.90 Å². The fourth-order valence-electron chi connectivity index (χ4n) is 8.04. The molecular formula is C45H53ClF3N5O5S3. The minimum atomic E-state index is -6.19. The highest BCUT2D eigenvalue weighted by atomic mass is 35.5. The topological polar surface area (TPSA) is 124 Å². The Balaban J connectivity index is 1.29. The summed E-state index contributed by atoms with van der Waals surface area (Å²) < 4.78 is 94.1. The minimum absolute atomic E-state index is 0.111. The number of rotatable bonds is 15. The molecule has 1 saturated heterocycles. The molecule has 0 radical (unpaired) electrons.